The highest BCUT2D eigenvalue weighted by Gasteiger charge is 2.40. The molecule has 0 atom stereocenters. The molecule has 0 radical (unpaired) electrons. The molecule has 2 aromatic heterocycles. The summed E-state index contributed by atoms with van der Waals surface area (Å²) in [5.74, 6) is -1.85. The lowest BCUT2D eigenvalue weighted by Gasteiger charge is -2.01. The first-order chi connectivity index (χ1) is 7.98. The first-order valence-corrected chi connectivity index (χ1v) is 4.42. The molecule has 2 heterocycles. The number of nitrogens with zero attached hydrogens (tertiary/aromatic N) is 4. The number of aromatic nitrogens is 4. The van der Waals surface area contributed by atoms with Gasteiger partial charge in [0, 0.05) is 18.6 Å². The van der Waals surface area contributed by atoms with Crippen molar-refractivity contribution < 1.29 is 18.0 Å². The molecule has 0 aromatic carbocycles. The van der Waals surface area contributed by atoms with Gasteiger partial charge >= 0.3 is 6.18 Å². The summed E-state index contributed by atoms with van der Waals surface area (Å²) in [4.78, 5) is 18.5. The van der Waals surface area contributed by atoms with Gasteiger partial charge in [0.05, 0.1) is 11.8 Å². The Labute approximate surface area is 92.9 Å². The molecule has 0 spiro atoms. The van der Waals surface area contributed by atoms with Gasteiger partial charge in [0.2, 0.25) is 5.95 Å². The fourth-order valence-corrected chi connectivity index (χ4v) is 1.12. The largest absolute Gasteiger partial charge is 0.454 e. The Bertz CT molecular complexity index is 535. The second-order valence-corrected chi connectivity index (χ2v) is 3.05. The van der Waals surface area contributed by atoms with Crippen LogP contribution in [0.25, 0.3) is 5.95 Å². The standard InChI is InChI=1S/C9H5F3N4O/c10-9(11,12)7(17)6-4-15-16(5-6)8-13-2-1-3-14-8/h1-5H. The van der Waals surface area contributed by atoms with Crippen molar-refractivity contribution >= 4 is 5.78 Å². The van der Waals surface area contributed by atoms with Gasteiger partial charge in [-0.05, 0) is 6.07 Å². The minimum absolute atomic E-state index is 0.0914. The summed E-state index contributed by atoms with van der Waals surface area (Å²) in [7, 11) is 0. The Hall–Kier alpha value is -2.25. The van der Waals surface area contributed by atoms with Crippen LogP contribution in [0.15, 0.2) is 30.9 Å². The number of carbonyl (C=O) groups is 1. The van der Waals surface area contributed by atoms with Gasteiger partial charge in [0.25, 0.3) is 5.78 Å². The molecular formula is C9H5F3N4O. The number of halogens is 3. The molecule has 0 saturated heterocycles. The second-order valence-electron chi connectivity index (χ2n) is 3.05. The number of Topliss-reactive ketones (excluding diaryl/α,β-unsaturated/α-hetero) is 1. The van der Waals surface area contributed by atoms with Crippen molar-refractivity contribution in [2.75, 3.05) is 0 Å². The average molecular weight is 242 g/mol. The van der Waals surface area contributed by atoms with Gasteiger partial charge in [-0.15, -0.1) is 0 Å². The third kappa shape index (κ3) is 2.30. The fraction of sp³-hybridized carbons (Fsp3) is 0.111. The van der Waals surface area contributed by atoms with Crippen LogP contribution in [0.4, 0.5) is 13.2 Å². The first-order valence-electron chi connectivity index (χ1n) is 4.42. The third-order valence-corrected chi connectivity index (χ3v) is 1.86. The summed E-state index contributed by atoms with van der Waals surface area (Å²) in [6.07, 6.45) is -0.326. The molecule has 5 nitrogen and oxygen atoms in total. The Morgan fingerprint density at radius 3 is 2.47 bits per heavy atom. The fourth-order valence-electron chi connectivity index (χ4n) is 1.12. The van der Waals surface area contributed by atoms with Crippen molar-refractivity contribution in [1.82, 2.24) is 19.7 Å². The van der Waals surface area contributed by atoms with Crippen molar-refractivity contribution in [2.24, 2.45) is 0 Å². The molecule has 0 bridgehead atoms. The molecule has 88 valence electrons. The lowest BCUT2D eigenvalue weighted by atomic mass is 10.2. The monoisotopic (exact) mass is 242 g/mol. The number of hydrogen-bond acceptors (Lipinski definition) is 4. The van der Waals surface area contributed by atoms with Crippen LogP contribution in [0.1, 0.15) is 10.4 Å². The van der Waals surface area contributed by atoms with E-state index in [-0.39, 0.29) is 5.95 Å². The second kappa shape index (κ2) is 3.96. The van der Waals surface area contributed by atoms with Gasteiger partial charge in [-0.3, -0.25) is 4.79 Å². The van der Waals surface area contributed by atoms with Gasteiger partial charge in [0.1, 0.15) is 0 Å². The Morgan fingerprint density at radius 1 is 1.24 bits per heavy atom. The van der Waals surface area contributed by atoms with E-state index >= 15 is 0 Å². The highest BCUT2D eigenvalue weighted by molar-refractivity contribution is 5.99. The van der Waals surface area contributed by atoms with Crippen LogP contribution in [-0.2, 0) is 0 Å². The van der Waals surface area contributed by atoms with Gasteiger partial charge in [-0.1, -0.05) is 0 Å². The van der Waals surface area contributed by atoms with Gasteiger partial charge in [-0.25, -0.2) is 14.6 Å². The zero-order valence-electron chi connectivity index (χ0n) is 8.22. The Morgan fingerprint density at radius 2 is 1.88 bits per heavy atom. The zero-order chi connectivity index (χ0) is 12.5. The van der Waals surface area contributed by atoms with Crippen LogP contribution >= 0.6 is 0 Å². The SMILES string of the molecule is O=C(c1cnn(-c2ncccn2)c1)C(F)(F)F. The maximum Gasteiger partial charge on any atom is 0.454 e. The molecular weight excluding hydrogens is 237 g/mol. The highest BCUT2D eigenvalue weighted by Crippen LogP contribution is 2.21. The van der Waals surface area contributed by atoms with E-state index in [1.807, 2.05) is 0 Å². The molecule has 8 heteroatoms. The summed E-state index contributed by atoms with van der Waals surface area (Å²) in [5.41, 5.74) is -0.551. The molecule has 0 saturated carbocycles. The third-order valence-electron chi connectivity index (χ3n) is 1.86. The lowest BCUT2D eigenvalue weighted by molar-refractivity contribution is -0.0885. The predicted molar refractivity (Wildman–Crippen MR) is 49.5 cm³/mol. The van der Waals surface area contributed by atoms with Crippen molar-refractivity contribution in [3.05, 3.63) is 36.4 Å². The minimum Gasteiger partial charge on any atom is -0.284 e. The van der Waals surface area contributed by atoms with E-state index in [0.29, 0.717) is 0 Å². The van der Waals surface area contributed by atoms with Crippen LogP contribution in [0.2, 0.25) is 0 Å². The predicted octanol–water partition coefficient (Wildman–Crippen LogP) is 1.41. The van der Waals surface area contributed by atoms with Gasteiger partial charge < -0.3 is 0 Å². The topological polar surface area (TPSA) is 60.7 Å². The van der Waals surface area contributed by atoms with E-state index in [1.54, 1.807) is 6.07 Å². The van der Waals surface area contributed by atoms with E-state index < -0.39 is 17.5 Å². The highest BCUT2D eigenvalue weighted by atomic mass is 19.4. The minimum atomic E-state index is -4.91. The van der Waals surface area contributed by atoms with E-state index in [9.17, 15) is 18.0 Å². The number of alkyl halides is 3. The van der Waals surface area contributed by atoms with Crippen LogP contribution < -0.4 is 0 Å². The van der Waals surface area contributed by atoms with Crippen LogP contribution in [0.5, 0.6) is 0 Å². The lowest BCUT2D eigenvalue weighted by Crippen LogP contribution is -2.22. The molecule has 2 rings (SSSR count). The molecule has 0 aliphatic carbocycles. The van der Waals surface area contributed by atoms with Crippen molar-refractivity contribution in [1.29, 1.82) is 0 Å². The van der Waals surface area contributed by atoms with Crippen molar-refractivity contribution in [3.8, 4) is 5.95 Å². The molecule has 2 aromatic rings. The summed E-state index contributed by atoms with van der Waals surface area (Å²) in [6.45, 7) is 0. The maximum atomic E-state index is 12.1. The van der Waals surface area contributed by atoms with E-state index in [4.69, 9.17) is 0 Å². The molecule has 0 amide bonds. The molecule has 0 N–H and O–H groups in total. The maximum absolute atomic E-state index is 12.1. The van der Waals surface area contributed by atoms with Crippen LogP contribution in [0, 0.1) is 0 Å². The van der Waals surface area contributed by atoms with Gasteiger partial charge in [-0.2, -0.15) is 18.3 Å². The number of ketones is 1. The zero-order valence-corrected chi connectivity index (χ0v) is 8.22. The van der Waals surface area contributed by atoms with Crippen molar-refractivity contribution in [2.45, 2.75) is 6.18 Å². The summed E-state index contributed by atoms with van der Waals surface area (Å²) in [6, 6.07) is 1.55. The summed E-state index contributed by atoms with van der Waals surface area (Å²) in [5, 5.41) is 3.59. The van der Waals surface area contributed by atoms with Gasteiger partial charge in [0.15, 0.2) is 0 Å². The smallest absolute Gasteiger partial charge is 0.284 e. The van der Waals surface area contributed by atoms with E-state index in [0.717, 1.165) is 17.1 Å². The number of rotatable bonds is 2. The van der Waals surface area contributed by atoms with E-state index in [1.165, 1.54) is 12.4 Å². The molecule has 0 unspecified atom stereocenters. The summed E-state index contributed by atoms with van der Waals surface area (Å²) < 4.78 is 37.4. The molecule has 0 aliphatic rings. The van der Waals surface area contributed by atoms with Crippen LogP contribution in [0.3, 0.4) is 0 Å². The first kappa shape index (κ1) is 11.2. The molecule has 0 aliphatic heterocycles. The normalized spacial score (nSPS) is 11.5. The quantitative estimate of drug-likeness (QED) is 0.747. The number of carbonyl (C=O) groups excluding carboxylic acids is 1. The number of hydrogen-bond donors (Lipinski definition) is 0. The molecule has 17 heavy (non-hydrogen) atoms. The van der Waals surface area contributed by atoms with E-state index in [2.05, 4.69) is 15.1 Å². The Kier molecular flexibility index (Phi) is 2.62. The average Bonchev–Trinajstić information content (AvgIpc) is 2.77. The van der Waals surface area contributed by atoms with Crippen molar-refractivity contribution in [3.63, 3.8) is 0 Å². The van der Waals surface area contributed by atoms with Crippen LogP contribution in [-0.4, -0.2) is 31.7 Å². The molecule has 0 fully saturated rings. The Balaban J connectivity index is 2.32. The summed E-state index contributed by atoms with van der Waals surface area (Å²) >= 11 is 0.